The van der Waals surface area contributed by atoms with Gasteiger partial charge in [-0.1, -0.05) is 0 Å². The van der Waals surface area contributed by atoms with Crippen LogP contribution in [0.3, 0.4) is 0 Å². The predicted octanol–water partition coefficient (Wildman–Crippen LogP) is 3.73. The Morgan fingerprint density at radius 1 is 0.929 bits per heavy atom. The summed E-state index contributed by atoms with van der Waals surface area (Å²) in [5, 5.41) is 21.0. The van der Waals surface area contributed by atoms with E-state index in [4.69, 9.17) is 8.83 Å². The number of hydrogen-bond donors (Lipinski definition) is 2. The number of aromatic hydroxyl groups is 2. The van der Waals surface area contributed by atoms with Gasteiger partial charge in [0.1, 0.15) is 28.1 Å². The van der Waals surface area contributed by atoms with Gasteiger partial charge >= 0.3 is 5.63 Å². The first-order valence-electron chi connectivity index (χ1n) is 9.18. The normalized spacial score (nSPS) is 14.9. The molecule has 2 aromatic heterocycles. The Morgan fingerprint density at radius 2 is 1.71 bits per heavy atom. The summed E-state index contributed by atoms with van der Waals surface area (Å²) < 4.78 is 11.3. The Bertz CT molecular complexity index is 1310. The van der Waals surface area contributed by atoms with Crippen molar-refractivity contribution in [2.75, 3.05) is 13.1 Å². The minimum atomic E-state index is -0.690. The zero-order chi connectivity index (χ0) is 19.4. The topological polar surface area (TPSA) is 104 Å². The Balaban J connectivity index is 1.86. The number of benzene rings is 2. The third kappa shape index (κ3) is 2.36. The molecule has 4 aromatic rings. The molecule has 0 atom stereocenters. The van der Waals surface area contributed by atoms with Crippen LogP contribution >= 0.6 is 0 Å². The summed E-state index contributed by atoms with van der Waals surface area (Å²) >= 11 is 0. The zero-order valence-corrected chi connectivity index (χ0v) is 14.9. The SMILES string of the molecule is O=C(c1c(O)ccc2oc3c4ccc(O)cc4oc(=O)c3c12)N1CCCCC1. The monoisotopic (exact) mass is 379 g/mol. The van der Waals surface area contributed by atoms with E-state index in [0.717, 1.165) is 19.3 Å². The summed E-state index contributed by atoms with van der Waals surface area (Å²) in [4.78, 5) is 27.6. The van der Waals surface area contributed by atoms with Crippen molar-refractivity contribution in [3.8, 4) is 11.5 Å². The third-order valence-electron chi connectivity index (χ3n) is 5.31. The van der Waals surface area contributed by atoms with Gasteiger partial charge in [-0.2, -0.15) is 0 Å². The van der Waals surface area contributed by atoms with Crippen LogP contribution in [0.1, 0.15) is 29.6 Å². The molecule has 7 heteroatoms. The van der Waals surface area contributed by atoms with Gasteiger partial charge in [-0.05, 0) is 43.5 Å². The third-order valence-corrected chi connectivity index (χ3v) is 5.31. The number of likely N-dealkylation sites (tertiary alicyclic amines) is 1. The van der Waals surface area contributed by atoms with Gasteiger partial charge in [0.15, 0.2) is 5.58 Å². The molecule has 5 rings (SSSR count). The number of fused-ring (bicyclic) bond motifs is 5. The number of hydrogen-bond acceptors (Lipinski definition) is 6. The van der Waals surface area contributed by atoms with Gasteiger partial charge in [0, 0.05) is 19.2 Å². The minimum absolute atomic E-state index is 0.0373. The van der Waals surface area contributed by atoms with Crippen LogP contribution in [0.15, 0.2) is 44.0 Å². The maximum absolute atomic E-state index is 13.2. The summed E-state index contributed by atoms with van der Waals surface area (Å²) in [6.07, 6.45) is 2.88. The molecule has 28 heavy (non-hydrogen) atoms. The highest BCUT2D eigenvalue weighted by atomic mass is 16.4. The molecule has 0 aliphatic carbocycles. The van der Waals surface area contributed by atoms with Crippen molar-refractivity contribution in [3.63, 3.8) is 0 Å². The van der Waals surface area contributed by atoms with Gasteiger partial charge in [0.2, 0.25) is 0 Å². The molecule has 142 valence electrons. The second-order valence-electron chi connectivity index (χ2n) is 7.06. The number of phenols is 2. The molecule has 1 aliphatic rings. The Labute approximate surface area is 158 Å². The predicted molar refractivity (Wildman–Crippen MR) is 103 cm³/mol. The number of amides is 1. The lowest BCUT2D eigenvalue weighted by Crippen LogP contribution is -2.35. The molecular weight excluding hydrogens is 362 g/mol. The summed E-state index contributed by atoms with van der Waals surface area (Å²) in [7, 11) is 0. The molecule has 7 nitrogen and oxygen atoms in total. The molecule has 1 aliphatic heterocycles. The van der Waals surface area contributed by atoms with E-state index in [0.29, 0.717) is 24.1 Å². The summed E-state index contributed by atoms with van der Waals surface area (Å²) in [6, 6.07) is 7.32. The van der Waals surface area contributed by atoms with Gasteiger partial charge in [-0.25, -0.2) is 4.79 Å². The maximum atomic E-state index is 13.2. The van der Waals surface area contributed by atoms with Crippen molar-refractivity contribution < 1.29 is 23.8 Å². The second-order valence-corrected chi connectivity index (χ2v) is 7.06. The van der Waals surface area contributed by atoms with Gasteiger partial charge < -0.3 is 23.9 Å². The molecule has 0 radical (unpaired) electrons. The highest BCUT2D eigenvalue weighted by Crippen LogP contribution is 2.38. The van der Waals surface area contributed by atoms with Crippen LogP contribution in [0.4, 0.5) is 0 Å². The highest BCUT2D eigenvalue weighted by molar-refractivity contribution is 6.21. The number of piperidine rings is 1. The Hall–Kier alpha value is -3.48. The second kappa shape index (κ2) is 6.02. The number of phenolic OH excluding ortho intramolecular Hbond substituents is 2. The largest absolute Gasteiger partial charge is 0.508 e. The van der Waals surface area contributed by atoms with E-state index in [-0.39, 0.29) is 44.9 Å². The Kier molecular flexibility index (Phi) is 3.58. The van der Waals surface area contributed by atoms with Crippen LogP contribution in [0.5, 0.6) is 11.5 Å². The number of rotatable bonds is 1. The number of carbonyl (C=O) groups excluding carboxylic acids is 1. The molecule has 0 unspecified atom stereocenters. The molecule has 0 bridgehead atoms. The zero-order valence-electron chi connectivity index (χ0n) is 14.9. The molecule has 1 fully saturated rings. The van der Waals surface area contributed by atoms with Crippen LogP contribution in [0, 0.1) is 0 Å². The first kappa shape index (κ1) is 16.7. The number of furan rings is 1. The average molecular weight is 379 g/mol. The van der Waals surface area contributed by atoms with E-state index in [1.807, 2.05) is 0 Å². The molecule has 0 saturated carbocycles. The van der Waals surface area contributed by atoms with E-state index in [2.05, 4.69) is 0 Å². The van der Waals surface area contributed by atoms with E-state index in [9.17, 15) is 19.8 Å². The van der Waals surface area contributed by atoms with Gasteiger partial charge in [-0.15, -0.1) is 0 Å². The molecule has 1 amide bonds. The van der Waals surface area contributed by atoms with Crippen molar-refractivity contribution >= 4 is 38.8 Å². The van der Waals surface area contributed by atoms with E-state index >= 15 is 0 Å². The lowest BCUT2D eigenvalue weighted by atomic mass is 10.0. The Morgan fingerprint density at radius 3 is 2.50 bits per heavy atom. The molecule has 0 spiro atoms. The van der Waals surface area contributed by atoms with E-state index in [1.165, 1.54) is 24.3 Å². The lowest BCUT2D eigenvalue weighted by molar-refractivity contribution is 0.0723. The summed E-state index contributed by atoms with van der Waals surface area (Å²) in [5.74, 6) is -0.559. The molecule has 2 aromatic carbocycles. The first-order valence-corrected chi connectivity index (χ1v) is 9.18. The molecular formula is C21H17NO6. The van der Waals surface area contributed by atoms with Crippen molar-refractivity contribution in [1.29, 1.82) is 0 Å². The quantitative estimate of drug-likeness (QED) is 0.488. The fourth-order valence-electron chi connectivity index (χ4n) is 3.97. The van der Waals surface area contributed by atoms with E-state index < -0.39 is 5.63 Å². The number of nitrogens with zero attached hydrogens (tertiary/aromatic N) is 1. The van der Waals surface area contributed by atoms with Crippen LogP contribution < -0.4 is 5.63 Å². The van der Waals surface area contributed by atoms with E-state index in [1.54, 1.807) is 11.0 Å². The fourth-order valence-corrected chi connectivity index (χ4v) is 3.97. The molecule has 1 saturated heterocycles. The lowest BCUT2D eigenvalue weighted by Gasteiger charge is -2.27. The standard InChI is InChI=1S/C21H17NO6/c23-11-4-5-12-15(10-11)28-21(26)18-17-14(27-19(12)18)7-6-13(24)16(17)20(25)22-8-2-1-3-9-22/h4-7,10,23-24H,1-3,8-9H2. The number of carbonyl (C=O) groups is 1. The first-order chi connectivity index (χ1) is 13.5. The van der Waals surface area contributed by atoms with Crippen molar-refractivity contribution in [2.45, 2.75) is 19.3 Å². The smallest absolute Gasteiger partial charge is 0.348 e. The fraction of sp³-hybridized carbons (Fsp3) is 0.238. The van der Waals surface area contributed by atoms with Crippen LogP contribution in [-0.2, 0) is 0 Å². The average Bonchev–Trinajstić information content (AvgIpc) is 3.08. The maximum Gasteiger partial charge on any atom is 0.348 e. The highest BCUT2D eigenvalue weighted by Gasteiger charge is 2.28. The summed E-state index contributed by atoms with van der Waals surface area (Å²) in [5.41, 5.74) is 0.138. The van der Waals surface area contributed by atoms with Crippen LogP contribution in [0.25, 0.3) is 32.9 Å². The minimum Gasteiger partial charge on any atom is -0.508 e. The van der Waals surface area contributed by atoms with Crippen molar-refractivity contribution in [2.24, 2.45) is 0 Å². The van der Waals surface area contributed by atoms with Gasteiger partial charge in [-0.3, -0.25) is 4.79 Å². The van der Waals surface area contributed by atoms with Crippen molar-refractivity contribution in [3.05, 3.63) is 46.3 Å². The molecule has 3 heterocycles. The van der Waals surface area contributed by atoms with Crippen LogP contribution in [0.2, 0.25) is 0 Å². The van der Waals surface area contributed by atoms with Gasteiger partial charge in [0.05, 0.1) is 16.3 Å². The van der Waals surface area contributed by atoms with Crippen molar-refractivity contribution in [1.82, 2.24) is 4.90 Å². The van der Waals surface area contributed by atoms with Gasteiger partial charge in [0.25, 0.3) is 5.91 Å². The molecule has 2 N–H and O–H groups in total. The summed E-state index contributed by atoms with van der Waals surface area (Å²) in [6.45, 7) is 1.22. The van der Waals surface area contributed by atoms with Crippen LogP contribution in [-0.4, -0.2) is 34.1 Å².